The molecule has 9 rings (SSSR count). The fraction of sp³-hybridized carbons (Fsp3) is 0. The molecule has 0 aromatic heterocycles. The van der Waals surface area contributed by atoms with Crippen LogP contribution in [0.1, 0.15) is 0 Å². The van der Waals surface area contributed by atoms with Crippen LogP contribution in [0, 0.1) is 0 Å². The van der Waals surface area contributed by atoms with Crippen LogP contribution in [0.5, 0.6) is 0 Å². The van der Waals surface area contributed by atoms with E-state index < -0.39 is 23.4 Å². The van der Waals surface area contributed by atoms with E-state index in [2.05, 4.69) is 105 Å². The molecule has 0 aliphatic carbocycles. The Morgan fingerprint density at radius 1 is 0.234 bits per heavy atom. The third-order valence-electron chi connectivity index (χ3n) is 7.03. The van der Waals surface area contributed by atoms with E-state index in [9.17, 15) is 75.5 Å². The summed E-state index contributed by atoms with van der Waals surface area (Å²) in [4.78, 5) is 0. The van der Waals surface area contributed by atoms with Crippen molar-refractivity contribution < 1.29 is 92.3 Å². The Bertz CT molecular complexity index is 2380. The molecule has 0 saturated carbocycles. The Kier molecular flexibility index (Phi) is 13.7. The number of rotatable bonds is 0. The molecule has 6 nitrogen and oxygen atoms in total. The first-order chi connectivity index (χ1) is 28.2. The predicted molar refractivity (Wildman–Crippen MR) is 218 cm³/mol. The summed E-state index contributed by atoms with van der Waals surface area (Å²) >= 11 is 0. The van der Waals surface area contributed by atoms with Crippen molar-refractivity contribution in [3.63, 3.8) is 0 Å². The van der Waals surface area contributed by atoms with E-state index in [1.165, 1.54) is 0 Å². The van der Waals surface area contributed by atoms with Gasteiger partial charge in [0, 0.05) is 16.8 Å². The fourth-order valence-electron chi connectivity index (χ4n) is 5.04. The van der Waals surface area contributed by atoms with Gasteiger partial charge >= 0.3 is 99.0 Å². The zero-order chi connectivity index (χ0) is 47.4. The molecular formula is C36H24CoF18N6P3-9. The Labute approximate surface area is 358 Å². The van der Waals surface area contributed by atoms with Crippen LogP contribution in [0.3, 0.4) is 0 Å². The number of fused-ring (bicyclic) bond motifs is 9. The standard InChI is InChI=1S/3C12H8N2.Co.3F6P/c3*1-3-9-5-6-10-4-2-8-14-12(10)11(9)13-7-1;;3*1-7(2,3,4,5)6/h3*1-8H;;;;/q3*-2;;3*-1. The number of allylic oxidation sites excluding steroid dienone is 6. The first-order valence-corrected chi connectivity index (χ1v) is 22.7. The molecule has 6 aliphatic rings. The molecule has 0 fully saturated rings. The monoisotopic (exact) mass is 1030 g/mol. The van der Waals surface area contributed by atoms with E-state index in [0.717, 1.165) is 65.4 Å². The van der Waals surface area contributed by atoms with E-state index in [0.29, 0.717) is 0 Å². The number of benzene rings is 3. The van der Waals surface area contributed by atoms with Crippen LogP contribution < -0.4 is 31.3 Å². The molecule has 357 valence electrons. The molecule has 6 heterocycles. The van der Waals surface area contributed by atoms with Gasteiger partial charge in [0.2, 0.25) is 0 Å². The Morgan fingerprint density at radius 3 is 0.453 bits per heavy atom. The van der Waals surface area contributed by atoms with Crippen molar-refractivity contribution in [1.82, 2.24) is 0 Å². The van der Waals surface area contributed by atoms with Crippen molar-refractivity contribution >= 4 is 94.0 Å². The summed E-state index contributed by atoms with van der Waals surface area (Å²) in [5.74, 6) is 0. The van der Waals surface area contributed by atoms with Gasteiger partial charge in [-0.15, -0.1) is 34.1 Å². The maximum atomic E-state index is 9.87. The van der Waals surface area contributed by atoms with E-state index in [-0.39, 0.29) is 16.8 Å². The van der Waals surface area contributed by atoms with Gasteiger partial charge in [0.05, 0.1) is 0 Å². The van der Waals surface area contributed by atoms with Gasteiger partial charge in [0.25, 0.3) is 0 Å². The van der Waals surface area contributed by atoms with Crippen LogP contribution in [-0.2, 0) is 16.8 Å². The second-order valence-electron chi connectivity index (χ2n) is 12.5. The molecule has 64 heavy (non-hydrogen) atoms. The van der Waals surface area contributed by atoms with Crippen molar-refractivity contribution in [3.8, 4) is 0 Å². The zero-order valence-corrected chi connectivity index (χ0v) is 34.7. The summed E-state index contributed by atoms with van der Waals surface area (Å²) < 4.78 is 178. The molecule has 3 aromatic rings. The molecule has 0 atom stereocenters. The predicted octanol–water partition coefficient (Wildman–Crippen LogP) is 17.1. The minimum atomic E-state index is -10.7. The van der Waals surface area contributed by atoms with Crippen LogP contribution in [-0.4, -0.2) is 0 Å². The quantitative estimate of drug-likeness (QED) is 0.159. The molecule has 0 bridgehead atoms. The van der Waals surface area contributed by atoms with Crippen molar-refractivity contribution in [2.45, 2.75) is 0 Å². The molecule has 0 amide bonds. The average Bonchev–Trinajstić information content (AvgIpc) is 3.15. The van der Waals surface area contributed by atoms with Gasteiger partial charge < -0.3 is 31.9 Å². The largest absolute Gasteiger partial charge is 0 e. The SMILES string of the molecule is C1=C[N-]c2c3c(ccc2=C1)=CC=C[N-]3.C1=C[N-]c2c3c(ccc2=C1)=CC=C[N-]3.C1=C[N-]c2c3c(ccc2=C1)=CC=C[N-]3.F[P-](F)(F)(F)(F)F.F[P-](F)(F)(F)(F)F.F[P-](F)(F)(F)(F)F.[Co]. The molecule has 28 heteroatoms. The van der Waals surface area contributed by atoms with Crippen molar-refractivity contribution in [3.05, 3.63) is 173 Å². The van der Waals surface area contributed by atoms with Crippen LogP contribution in [0.2, 0.25) is 0 Å². The molecule has 0 spiro atoms. The van der Waals surface area contributed by atoms with Crippen molar-refractivity contribution in [2.75, 3.05) is 0 Å². The minimum Gasteiger partial charge on any atom is 0 e. The third kappa shape index (κ3) is 22.8. The van der Waals surface area contributed by atoms with E-state index in [1.54, 1.807) is 37.2 Å². The molecule has 1 radical (unpaired) electrons. The number of hydrogen-bond donors (Lipinski definition) is 0. The Hall–Kier alpha value is -5.34. The van der Waals surface area contributed by atoms with Gasteiger partial charge in [0.1, 0.15) is 0 Å². The molecule has 3 aromatic carbocycles. The Balaban J connectivity index is 0.000000211. The average molecular weight is 1030 g/mol. The molecule has 0 saturated heterocycles. The van der Waals surface area contributed by atoms with Gasteiger partial charge in [-0.25, -0.2) is 0 Å². The summed E-state index contributed by atoms with van der Waals surface area (Å²) in [5, 5.41) is 32.9. The zero-order valence-electron chi connectivity index (χ0n) is 31.0. The van der Waals surface area contributed by atoms with Crippen molar-refractivity contribution in [1.29, 1.82) is 0 Å². The third-order valence-corrected chi connectivity index (χ3v) is 7.03. The van der Waals surface area contributed by atoms with E-state index >= 15 is 0 Å². The summed E-state index contributed by atoms with van der Waals surface area (Å²) in [7, 11) is -32.0. The molecule has 0 unspecified atom stereocenters. The smallest absolute Gasteiger partial charge is 0 e. The van der Waals surface area contributed by atoms with Gasteiger partial charge in [-0.05, 0) is 31.3 Å². The number of hydrogen-bond acceptors (Lipinski definition) is 0. The molecule has 6 aliphatic heterocycles. The van der Waals surface area contributed by atoms with Gasteiger partial charge in [0.15, 0.2) is 0 Å². The number of nitrogens with zero attached hydrogens (tertiary/aromatic N) is 6. The van der Waals surface area contributed by atoms with Crippen LogP contribution in [0.25, 0.3) is 68.4 Å². The van der Waals surface area contributed by atoms with Crippen LogP contribution in [0.15, 0.2) is 110 Å². The molecular weight excluding hydrogens is 1010 g/mol. The van der Waals surface area contributed by atoms with E-state index in [4.69, 9.17) is 0 Å². The van der Waals surface area contributed by atoms with Gasteiger partial charge in [-0.1, -0.05) is 109 Å². The minimum absolute atomic E-state index is 0. The summed E-state index contributed by atoms with van der Waals surface area (Å²) in [6, 6.07) is 12.5. The summed E-state index contributed by atoms with van der Waals surface area (Å²) in [5.41, 5.74) is 5.86. The first kappa shape index (κ1) is 53.0. The number of halogens is 18. The molecule has 0 N–H and O–H groups in total. The maximum Gasteiger partial charge on any atom is 0 e. The van der Waals surface area contributed by atoms with Crippen LogP contribution in [0.4, 0.5) is 110 Å². The topological polar surface area (TPSA) is 84.6 Å². The second kappa shape index (κ2) is 16.6. The fourth-order valence-corrected chi connectivity index (χ4v) is 5.04. The van der Waals surface area contributed by atoms with Crippen LogP contribution >= 0.6 is 23.4 Å². The first-order valence-electron chi connectivity index (χ1n) is 16.6. The second-order valence-corrected chi connectivity index (χ2v) is 18.3. The maximum absolute atomic E-state index is 10.7. The summed E-state index contributed by atoms with van der Waals surface area (Å²) in [6.45, 7) is 0. The Morgan fingerprint density at radius 2 is 0.344 bits per heavy atom. The van der Waals surface area contributed by atoms with Gasteiger partial charge in [-0.2, -0.15) is 37.2 Å². The van der Waals surface area contributed by atoms with Crippen molar-refractivity contribution in [2.24, 2.45) is 0 Å². The van der Waals surface area contributed by atoms with E-state index in [1.807, 2.05) is 36.5 Å². The summed E-state index contributed by atoms with van der Waals surface area (Å²) in [6.07, 6.45) is 34.8. The van der Waals surface area contributed by atoms with Gasteiger partial charge in [-0.3, -0.25) is 0 Å². The normalized spacial score (nSPS) is 17.7.